The van der Waals surface area contributed by atoms with Gasteiger partial charge in [0.1, 0.15) is 11.8 Å². The van der Waals surface area contributed by atoms with Crippen molar-refractivity contribution in [3.8, 4) is 17.5 Å². The van der Waals surface area contributed by atoms with Gasteiger partial charge < -0.3 is 4.74 Å². The van der Waals surface area contributed by atoms with Crippen LogP contribution < -0.4 is 10.3 Å². The van der Waals surface area contributed by atoms with Crippen LogP contribution in [0.25, 0.3) is 15.8 Å². The first-order chi connectivity index (χ1) is 9.74. The molecule has 0 N–H and O–H groups in total. The lowest BCUT2D eigenvalue weighted by molar-refractivity contribution is 0.413. The first-order valence-electron chi connectivity index (χ1n) is 5.94. The van der Waals surface area contributed by atoms with Gasteiger partial charge in [0.2, 0.25) is 0 Å². The van der Waals surface area contributed by atoms with Gasteiger partial charge in [0, 0.05) is 6.07 Å². The molecule has 0 saturated heterocycles. The van der Waals surface area contributed by atoms with Gasteiger partial charge in [-0.1, -0.05) is 23.7 Å². The summed E-state index contributed by atoms with van der Waals surface area (Å²) < 4.78 is 7.72. The van der Waals surface area contributed by atoms with Crippen LogP contribution in [0.4, 0.5) is 0 Å². The fourth-order valence-electron chi connectivity index (χ4n) is 2.04. The molecular formula is C15H10N2O2S. The zero-order valence-corrected chi connectivity index (χ0v) is 11.5. The van der Waals surface area contributed by atoms with Gasteiger partial charge in [0.25, 0.3) is 5.56 Å². The largest absolute Gasteiger partial charge is 0.495 e. The fraction of sp³-hybridized carbons (Fsp3) is 0.0667. The van der Waals surface area contributed by atoms with Crippen molar-refractivity contribution in [1.82, 2.24) is 3.96 Å². The molecule has 3 rings (SSSR count). The van der Waals surface area contributed by atoms with Gasteiger partial charge in [-0.2, -0.15) is 5.26 Å². The van der Waals surface area contributed by atoms with Crippen LogP contribution in [0.2, 0.25) is 0 Å². The van der Waals surface area contributed by atoms with E-state index in [-0.39, 0.29) is 5.56 Å². The quantitative estimate of drug-likeness (QED) is 0.726. The molecule has 1 aromatic heterocycles. The molecule has 0 atom stereocenters. The van der Waals surface area contributed by atoms with Gasteiger partial charge in [-0.05, 0) is 24.3 Å². The van der Waals surface area contributed by atoms with Gasteiger partial charge in [-0.15, -0.1) is 0 Å². The predicted octanol–water partition coefficient (Wildman–Crippen LogP) is 2.93. The summed E-state index contributed by atoms with van der Waals surface area (Å²) in [4.78, 5) is 12.4. The second kappa shape index (κ2) is 4.83. The average molecular weight is 282 g/mol. The van der Waals surface area contributed by atoms with E-state index in [1.165, 1.54) is 18.6 Å². The van der Waals surface area contributed by atoms with Crippen LogP contribution in [-0.2, 0) is 0 Å². The first-order valence-corrected chi connectivity index (χ1v) is 6.71. The normalized spacial score (nSPS) is 10.4. The van der Waals surface area contributed by atoms with Gasteiger partial charge in [0.15, 0.2) is 0 Å². The number of hydrogen-bond donors (Lipinski definition) is 0. The van der Waals surface area contributed by atoms with Gasteiger partial charge in [-0.3, -0.25) is 4.79 Å². The minimum Gasteiger partial charge on any atom is -0.495 e. The van der Waals surface area contributed by atoms with Gasteiger partial charge >= 0.3 is 0 Å². The van der Waals surface area contributed by atoms with E-state index in [9.17, 15) is 4.79 Å². The van der Waals surface area contributed by atoms with E-state index in [4.69, 9.17) is 10.00 Å². The highest BCUT2D eigenvalue weighted by Gasteiger charge is 2.11. The first kappa shape index (κ1) is 12.5. The smallest absolute Gasteiger partial charge is 0.273 e. The summed E-state index contributed by atoms with van der Waals surface area (Å²) in [5, 5.41) is 9.68. The summed E-state index contributed by atoms with van der Waals surface area (Å²) >= 11 is 1.38. The molecule has 0 unspecified atom stereocenters. The number of methoxy groups -OCH3 is 1. The third-order valence-electron chi connectivity index (χ3n) is 3.03. The molecule has 1 heterocycles. The molecule has 0 amide bonds. The maximum atomic E-state index is 12.4. The summed E-state index contributed by atoms with van der Waals surface area (Å²) in [5.74, 6) is 0.467. The van der Waals surface area contributed by atoms with Crippen molar-refractivity contribution in [2.24, 2.45) is 0 Å². The number of hydrogen-bond acceptors (Lipinski definition) is 4. The van der Waals surface area contributed by atoms with Crippen molar-refractivity contribution in [1.29, 1.82) is 5.26 Å². The molecule has 0 aliphatic carbocycles. The molecule has 5 heteroatoms. The average Bonchev–Trinajstić information content (AvgIpc) is 2.84. The van der Waals surface area contributed by atoms with Crippen LogP contribution >= 0.6 is 11.5 Å². The highest BCUT2D eigenvalue weighted by Crippen LogP contribution is 2.24. The van der Waals surface area contributed by atoms with Crippen molar-refractivity contribution < 1.29 is 4.74 Å². The SMILES string of the molecule is COc1cc(-n2sc3ccccc3c2=O)ccc1C#N. The van der Waals surface area contributed by atoms with E-state index in [1.807, 2.05) is 24.3 Å². The highest BCUT2D eigenvalue weighted by molar-refractivity contribution is 7.14. The lowest BCUT2D eigenvalue weighted by atomic mass is 10.2. The van der Waals surface area contributed by atoms with Gasteiger partial charge in [0.05, 0.1) is 28.4 Å². The molecule has 0 bridgehead atoms. The lowest BCUT2D eigenvalue weighted by Crippen LogP contribution is -2.10. The molecule has 2 aromatic carbocycles. The van der Waals surface area contributed by atoms with E-state index in [0.717, 1.165) is 4.70 Å². The lowest BCUT2D eigenvalue weighted by Gasteiger charge is -2.05. The third-order valence-corrected chi connectivity index (χ3v) is 4.14. The summed E-state index contributed by atoms with van der Waals surface area (Å²) in [5.41, 5.74) is 1.09. The Hall–Kier alpha value is -2.58. The van der Waals surface area contributed by atoms with Crippen molar-refractivity contribution in [2.45, 2.75) is 0 Å². The Morgan fingerprint density at radius 2 is 2.05 bits per heavy atom. The zero-order chi connectivity index (χ0) is 14.1. The Kier molecular flexibility index (Phi) is 3.01. The molecule has 3 aromatic rings. The summed E-state index contributed by atoms with van der Waals surface area (Å²) in [7, 11) is 1.51. The number of fused-ring (bicyclic) bond motifs is 1. The summed E-state index contributed by atoms with van der Waals surface area (Å²) in [6.45, 7) is 0. The van der Waals surface area contributed by atoms with Gasteiger partial charge in [-0.25, -0.2) is 3.96 Å². The van der Waals surface area contributed by atoms with Crippen molar-refractivity contribution in [2.75, 3.05) is 7.11 Å². The Labute approximate surface area is 119 Å². The highest BCUT2D eigenvalue weighted by atomic mass is 32.1. The van der Waals surface area contributed by atoms with E-state index in [2.05, 4.69) is 6.07 Å². The second-order valence-electron chi connectivity index (χ2n) is 4.18. The molecule has 0 aliphatic rings. The number of rotatable bonds is 2. The monoisotopic (exact) mass is 282 g/mol. The molecule has 4 nitrogen and oxygen atoms in total. The van der Waals surface area contributed by atoms with E-state index < -0.39 is 0 Å². The van der Waals surface area contributed by atoms with Crippen LogP contribution in [-0.4, -0.2) is 11.1 Å². The standard InChI is InChI=1S/C15H10N2O2S/c1-19-13-8-11(7-6-10(13)9-16)17-15(18)12-4-2-3-5-14(12)20-17/h2-8H,1H3. The molecule has 0 saturated carbocycles. The molecular weight excluding hydrogens is 272 g/mol. The summed E-state index contributed by atoms with van der Waals surface area (Å²) in [6.07, 6.45) is 0. The maximum Gasteiger partial charge on any atom is 0.273 e. The van der Waals surface area contributed by atoms with E-state index in [0.29, 0.717) is 22.4 Å². The molecule has 0 radical (unpaired) electrons. The van der Waals surface area contributed by atoms with Crippen LogP contribution in [0.15, 0.2) is 47.3 Å². The Bertz CT molecular complexity index is 887. The zero-order valence-electron chi connectivity index (χ0n) is 10.7. The number of ether oxygens (including phenoxy) is 1. The molecule has 0 spiro atoms. The van der Waals surface area contributed by atoms with Crippen LogP contribution in [0.5, 0.6) is 5.75 Å². The minimum atomic E-state index is -0.0580. The molecule has 98 valence electrons. The topological polar surface area (TPSA) is 55.0 Å². The Morgan fingerprint density at radius 3 is 2.75 bits per heavy atom. The third kappa shape index (κ3) is 1.87. The molecule has 20 heavy (non-hydrogen) atoms. The Morgan fingerprint density at radius 1 is 1.25 bits per heavy atom. The van der Waals surface area contributed by atoms with Crippen LogP contribution in [0.1, 0.15) is 5.56 Å². The van der Waals surface area contributed by atoms with Crippen LogP contribution in [0.3, 0.4) is 0 Å². The number of nitriles is 1. The number of benzene rings is 2. The summed E-state index contributed by atoms with van der Waals surface area (Å²) in [6, 6.07) is 14.6. The Balaban J connectivity index is 2.24. The van der Waals surface area contributed by atoms with Crippen molar-refractivity contribution in [3.05, 3.63) is 58.4 Å². The fourth-order valence-corrected chi connectivity index (χ4v) is 3.03. The molecule has 0 aliphatic heterocycles. The second-order valence-corrected chi connectivity index (χ2v) is 5.17. The molecule has 0 fully saturated rings. The minimum absolute atomic E-state index is 0.0580. The van der Waals surface area contributed by atoms with Crippen molar-refractivity contribution >= 4 is 21.6 Å². The van der Waals surface area contributed by atoms with E-state index in [1.54, 1.807) is 22.2 Å². The van der Waals surface area contributed by atoms with E-state index >= 15 is 0 Å². The van der Waals surface area contributed by atoms with Crippen LogP contribution in [0, 0.1) is 11.3 Å². The predicted molar refractivity (Wildman–Crippen MR) is 78.7 cm³/mol. The maximum absolute atomic E-state index is 12.4. The number of aromatic nitrogens is 1. The van der Waals surface area contributed by atoms with Crippen molar-refractivity contribution in [3.63, 3.8) is 0 Å². The number of nitrogens with zero attached hydrogens (tertiary/aromatic N) is 2.